The summed E-state index contributed by atoms with van der Waals surface area (Å²) in [7, 11) is -0.385. The van der Waals surface area contributed by atoms with Crippen molar-refractivity contribution in [2.75, 3.05) is 7.11 Å². The van der Waals surface area contributed by atoms with Crippen molar-refractivity contribution in [1.29, 1.82) is 0 Å². The fraction of sp³-hybridized carbons (Fsp3) is 0.280. The fourth-order valence-electron chi connectivity index (χ4n) is 3.71. The number of hydrogen-bond donors (Lipinski definition) is 1. The molecule has 1 aliphatic carbocycles. The smallest absolute Gasteiger partial charge is 0.416 e. The van der Waals surface area contributed by atoms with E-state index in [9.17, 15) is 27.0 Å². The lowest BCUT2D eigenvalue weighted by Gasteiger charge is -2.19. The Labute approximate surface area is 202 Å². The number of nitrogens with zero attached hydrogens (tertiary/aromatic N) is 1. The molecule has 0 saturated heterocycles. The monoisotopic (exact) mass is 504 g/mol. The highest BCUT2D eigenvalue weighted by atomic mass is 32.2. The number of aromatic nitrogens is 1. The van der Waals surface area contributed by atoms with Crippen LogP contribution < -0.4 is 15.6 Å². The molecule has 10 heteroatoms. The van der Waals surface area contributed by atoms with Crippen molar-refractivity contribution in [3.05, 3.63) is 81.8 Å². The lowest BCUT2D eigenvalue weighted by atomic mass is 10.1. The van der Waals surface area contributed by atoms with Crippen molar-refractivity contribution >= 4 is 16.7 Å². The molecule has 0 aliphatic heterocycles. The molecule has 1 heterocycles. The Morgan fingerprint density at radius 2 is 1.86 bits per heavy atom. The maximum atomic E-state index is 13.7. The van der Waals surface area contributed by atoms with Gasteiger partial charge >= 0.3 is 6.18 Å². The second kappa shape index (κ2) is 9.69. The standard InChI is InChI=1S/C25H23F3N2O4S/c1-3-21-22(35(33)19-9-5-8-18(13-19)34-2)14-20(23(31)29-16-10-11-16)24(32)30(21)17-7-4-6-15(12-17)25(26,27)28/h4-9,12-14,16H,3,10-11H2,1-2H3,(H,29,31). The minimum absolute atomic E-state index is 0.0536. The first-order valence-corrected chi connectivity index (χ1v) is 12.1. The van der Waals surface area contributed by atoms with E-state index in [2.05, 4.69) is 5.32 Å². The largest absolute Gasteiger partial charge is 0.497 e. The molecule has 1 saturated carbocycles. The number of carbonyl (C=O) groups is 1. The average molecular weight is 505 g/mol. The number of nitrogens with one attached hydrogen (secondary N) is 1. The minimum Gasteiger partial charge on any atom is -0.497 e. The van der Waals surface area contributed by atoms with Gasteiger partial charge in [0.05, 0.1) is 28.4 Å². The van der Waals surface area contributed by atoms with Crippen molar-refractivity contribution in [2.24, 2.45) is 0 Å². The second-order valence-electron chi connectivity index (χ2n) is 8.11. The molecule has 2 aromatic carbocycles. The molecule has 1 N–H and O–H groups in total. The predicted octanol–water partition coefficient (Wildman–Crippen LogP) is 4.49. The first-order chi connectivity index (χ1) is 16.6. The van der Waals surface area contributed by atoms with Crippen molar-refractivity contribution in [2.45, 2.75) is 48.2 Å². The lowest BCUT2D eigenvalue weighted by Crippen LogP contribution is -2.35. The third kappa shape index (κ3) is 5.17. The van der Waals surface area contributed by atoms with Gasteiger partial charge in [0, 0.05) is 22.3 Å². The number of benzene rings is 2. The quantitative estimate of drug-likeness (QED) is 0.515. The summed E-state index contributed by atoms with van der Waals surface area (Å²) in [5, 5.41) is 2.74. The van der Waals surface area contributed by atoms with Crippen LogP contribution in [0.3, 0.4) is 0 Å². The van der Waals surface area contributed by atoms with Gasteiger partial charge in [0.1, 0.15) is 11.3 Å². The third-order valence-corrected chi connectivity index (χ3v) is 7.08. The molecule has 1 aromatic heterocycles. The zero-order chi connectivity index (χ0) is 25.3. The number of ether oxygens (including phenoxy) is 1. The summed E-state index contributed by atoms with van der Waals surface area (Å²) in [5.41, 5.74) is -1.80. The average Bonchev–Trinajstić information content (AvgIpc) is 3.66. The number of methoxy groups -OCH3 is 1. The van der Waals surface area contributed by atoms with Crippen molar-refractivity contribution < 1.29 is 26.9 Å². The Morgan fingerprint density at radius 3 is 2.49 bits per heavy atom. The van der Waals surface area contributed by atoms with Crippen molar-refractivity contribution in [3.63, 3.8) is 0 Å². The number of amides is 1. The number of rotatable bonds is 7. The molecule has 0 bridgehead atoms. The third-order valence-electron chi connectivity index (χ3n) is 5.64. The van der Waals surface area contributed by atoms with Gasteiger partial charge in [-0.3, -0.25) is 14.2 Å². The minimum atomic E-state index is -4.63. The van der Waals surface area contributed by atoms with Gasteiger partial charge in [-0.1, -0.05) is 19.1 Å². The van der Waals surface area contributed by atoms with Gasteiger partial charge < -0.3 is 10.1 Å². The number of pyridine rings is 1. The zero-order valence-electron chi connectivity index (χ0n) is 19.0. The molecule has 1 unspecified atom stereocenters. The molecule has 1 aliphatic rings. The summed E-state index contributed by atoms with van der Waals surface area (Å²) >= 11 is 0. The van der Waals surface area contributed by atoms with Crippen LogP contribution in [0.25, 0.3) is 5.69 Å². The zero-order valence-corrected chi connectivity index (χ0v) is 19.8. The maximum Gasteiger partial charge on any atom is 0.416 e. The van der Waals surface area contributed by atoms with Crippen LogP contribution in [0.2, 0.25) is 0 Å². The molecule has 6 nitrogen and oxygen atoms in total. The molecule has 1 atom stereocenters. The molecule has 1 amide bonds. The van der Waals surface area contributed by atoms with E-state index in [0.29, 0.717) is 10.6 Å². The Kier molecular flexibility index (Phi) is 6.84. The van der Waals surface area contributed by atoms with Gasteiger partial charge in [-0.2, -0.15) is 13.2 Å². The van der Waals surface area contributed by atoms with E-state index in [1.807, 2.05) is 0 Å². The lowest BCUT2D eigenvalue weighted by molar-refractivity contribution is -0.137. The van der Waals surface area contributed by atoms with E-state index >= 15 is 0 Å². The Bertz CT molecular complexity index is 1360. The number of halogens is 3. The molecular formula is C25H23F3N2O4S. The molecule has 4 rings (SSSR count). The SMILES string of the molecule is CCc1c(S(=O)c2cccc(OC)c2)cc(C(=O)NC2CC2)c(=O)n1-c1cccc(C(F)(F)F)c1. The highest BCUT2D eigenvalue weighted by Gasteiger charge is 2.32. The topological polar surface area (TPSA) is 77.4 Å². The molecule has 1 fully saturated rings. The molecule has 184 valence electrons. The molecular weight excluding hydrogens is 481 g/mol. The van der Waals surface area contributed by atoms with Gasteiger partial charge in [0.15, 0.2) is 0 Å². The van der Waals surface area contributed by atoms with Crippen molar-refractivity contribution in [1.82, 2.24) is 9.88 Å². The molecule has 0 spiro atoms. The van der Waals surface area contributed by atoms with Crippen LogP contribution in [0.1, 0.15) is 41.4 Å². The van der Waals surface area contributed by atoms with Crippen LogP contribution in [-0.4, -0.2) is 27.8 Å². The van der Waals surface area contributed by atoms with E-state index in [-0.39, 0.29) is 34.3 Å². The summed E-state index contributed by atoms with van der Waals surface area (Å²) < 4.78 is 60.2. The summed E-state index contributed by atoms with van der Waals surface area (Å²) in [6.45, 7) is 1.70. The first kappa shape index (κ1) is 24.7. The van der Waals surface area contributed by atoms with E-state index in [1.54, 1.807) is 31.2 Å². The number of carbonyl (C=O) groups excluding carboxylic acids is 1. The van der Waals surface area contributed by atoms with Crippen LogP contribution in [0.5, 0.6) is 5.75 Å². The van der Waals surface area contributed by atoms with Crippen LogP contribution in [0.4, 0.5) is 13.2 Å². The summed E-state index contributed by atoms with van der Waals surface area (Å²) in [4.78, 5) is 26.9. The predicted molar refractivity (Wildman–Crippen MR) is 125 cm³/mol. The van der Waals surface area contributed by atoms with Gasteiger partial charge in [0.2, 0.25) is 0 Å². The van der Waals surface area contributed by atoms with Gasteiger partial charge in [-0.15, -0.1) is 0 Å². The van der Waals surface area contributed by atoms with E-state index < -0.39 is 34.0 Å². The van der Waals surface area contributed by atoms with E-state index in [4.69, 9.17) is 4.74 Å². The Hall–Kier alpha value is -3.40. The van der Waals surface area contributed by atoms with E-state index in [1.165, 1.54) is 25.3 Å². The van der Waals surface area contributed by atoms with Crippen molar-refractivity contribution in [3.8, 4) is 11.4 Å². The Balaban J connectivity index is 1.96. The Morgan fingerprint density at radius 1 is 1.14 bits per heavy atom. The maximum absolute atomic E-state index is 13.7. The van der Waals surface area contributed by atoms with Gasteiger partial charge in [0.25, 0.3) is 11.5 Å². The van der Waals surface area contributed by atoms with Gasteiger partial charge in [-0.25, -0.2) is 4.21 Å². The van der Waals surface area contributed by atoms with Crippen LogP contribution >= 0.6 is 0 Å². The summed E-state index contributed by atoms with van der Waals surface area (Å²) in [6, 6.07) is 12.1. The fourth-order valence-corrected chi connectivity index (χ4v) is 5.07. The summed E-state index contributed by atoms with van der Waals surface area (Å²) in [6.07, 6.45) is -2.88. The first-order valence-electron chi connectivity index (χ1n) is 11.0. The normalized spacial score (nSPS) is 14.4. The molecule has 3 aromatic rings. The van der Waals surface area contributed by atoms with Crippen LogP contribution in [0.15, 0.2) is 69.2 Å². The molecule has 0 radical (unpaired) electrons. The molecule has 35 heavy (non-hydrogen) atoms. The summed E-state index contributed by atoms with van der Waals surface area (Å²) in [5.74, 6) is -0.184. The number of alkyl halides is 3. The number of hydrogen-bond acceptors (Lipinski definition) is 4. The van der Waals surface area contributed by atoms with Crippen LogP contribution in [0, 0.1) is 0 Å². The van der Waals surface area contributed by atoms with Crippen LogP contribution in [-0.2, 0) is 23.4 Å². The highest BCUT2D eigenvalue weighted by molar-refractivity contribution is 7.85. The second-order valence-corrected chi connectivity index (χ2v) is 9.56. The van der Waals surface area contributed by atoms with E-state index in [0.717, 1.165) is 29.5 Å². The van der Waals surface area contributed by atoms with Gasteiger partial charge in [-0.05, 0) is 61.7 Å². The highest BCUT2D eigenvalue weighted by Crippen LogP contribution is 2.31.